The molecule has 0 spiro atoms. The molecule has 31 heavy (non-hydrogen) atoms. The second-order valence-electron chi connectivity index (χ2n) is 7.32. The molecule has 1 aliphatic heterocycles. The summed E-state index contributed by atoms with van der Waals surface area (Å²) in [5.74, 6) is 1.28. The number of anilines is 1. The van der Waals surface area contributed by atoms with Gasteiger partial charge in [0.1, 0.15) is 0 Å². The van der Waals surface area contributed by atoms with Crippen LogP contribution in [0.3, 0.4) is 0 Å². The van der Waals surface area contributed by atoms with E-state index in [1.807, 2.05) is 49.9 Å². The van der Waals surface area contributed by atoms with E-state index < -0.39 is 0 Å². The fourth-order valence-electron chi connectivity index (χ4n) is 3.69. The third kappa shape index (κ3) is 4.43. The summed E-state index contributed by atoms with van der Waals surface area (Å²) in [7, 11) is 0. The van der Waals surface area contributed by atoms with Crippen LogP contribution in [0.1, 0.15) is 29.8 Å². The molecule has 164 valence electrons. The second kappa shape index (κ2) is 9.32. The van der Waals surface area contributed by atoms with Gasteiger partial charge >= 0.3 is 0 Å². The zero-order valence-electron chi connectivity index (χ0n) is 18.0. The quantitative estimate of drug-likeness (QED) is 0.518. The van der Waals surface area contributed by atoms with E-state index in [-0.39, 0.29) is 5.91 Å². The second-order valence-corrected chi connectivity index (χ2v) is 8.74. The topological polar surface area (TPSA) is 54.9 Å². The Labute approximate surface area is 191 Å². The van der Waals surface area contributed by atoms with Crippen molar-refractivity contribution in [2.75, 3.05) is 44.3 Å². The van der Waals surface area contributed by atoms with Gasteiger partial charge in [0, 0.05) is 36.8 Å². The number of benzene rings is 2. The maximum absolute atomic E-state index is 13.1. The van der Waals surface area contributed by atoms with E-state index >= 15 is 0 Å². The van der Waals surface area contributed by atoms with Crippen LogP contribution in [0.2, 0.25) is 5.02 Å². The van der Waals surface area contributed by atoms with Crippen LogP contribution >= 0.6 is 22.9 Å². The Balaban J connectivity index is 1.45. The fourth-order valence-corrected chi connectivity index (χ4v) is 4.92. The minimum Gasteiger partial charge on any atom is -0.490 e. The number of rotatable bonds is 6. The van der Waals surface area contributed by atoms with Crippen LogP contribution in [0.4, 0.5) is 5.13 Å². The SMILES string of the molecule is CCOc1ccc(C(=O)N2CCN(c3nc4c(C)c(Cl)ccc4s3)CC2)cc1OCC. The zero-order chi connectivity index (χ0) is 22.0. The van der Waals surface area contributed by atoms with Crippen molar-refractivity contribution in [1.82, 2.24) is 9.88 Å². The molecule has 1 aliphatic rings. The van der Waals surface area contributed by atoms with Gasteiger partial charge < -0.3 is 19.3 Å². The Bertz CT molecular complexity index is 1090. The Morgan fingerprint density at radius 1 is 1.06 bits per heavy atom. The summed E-state index contributed by atoms with van der Waals surface area (Å²) in [4.78, 5) is 22.0. The molecule has 3 aromatic rings. The van der Waals surface area contributed by atoms with E-state index in [4.69, 9.17) is 26.1 Å². The summed E-state index contributed by atoms with van der Waals surface area (Å²) < 4.78 is 12.4. The number of fused-ring (bicyclic) bond motifs is 1. The van der Waals surface area contributed by atoms with Crippen molar-refractivity contribution in [3.63, 3.8) is 0 Å². The minimum atomic E-state index is 0.00979. The van der Waals surface area contributed by atoms with Gasteiger partial charge in [0.2, 0.25) is 0 Å². The average Bonchev–Trinajstić information content (AvgIpc) is 3.23. The predicted molar refractivity (Wildman–Crippen MR) is 126 cm³/mol. The molecule has 0 aliphatic carbocycles. The minimum absolute atomic E-state index is 0.00979. The van der Waals surface area contributed by atoms with Crippen molar-refractivity contribution < 1.29 is 14.3 Å². The number of thiazole rings is 1. The number of hydrogen-bond acceptors (Lipinski definition) is 6. The number of aryl methyl sites for hydroxylation is 1. The monoisotopic (exact) mass is 459 g/mol. The molecular weight excluding hydrogens is 434 g/mol. The number of piperazine rings is 1. The van der Waals surface area contributed by atoms with E-state index in [2.05, 4.69) is 4.90 Å². The Morgan fingerprint density at radius 2 is 1.77 bits per heavy atom. The van der Waals surface area contributed by atoms with Gasteiger partial charge in [-0.3, -0.25) is 4.79 Å². The fraction of sp³-hybridized carbons (Fsp3) is 0.391. The third-order valence-corrected chi connectivity index (χ3v) is 6.86. The van der Waals surface area contributed by atoms with Gasteiger partial charge in [0.05, 0.1) is 23.4 Å². The van der Waals surface area contributed by atoms with Crippen LogP contribution in [0.15, 0.2) is 30.3 Å². The summed E-state index contributed by atoms with van der Waals surface area (Å²) >= 11 is 7.91. The lowest BCUT2D eigenvalue weighted by atomic mass is 10.1. The van der Waals surface area contributed by atoms with Crippen molar-refractivity contribution in [2.24, 2.45) is 0 Å². The third-order valence-electron chi connectivity index (χ3n) is 5.36. The van der Waals surface area contributed by atoms with Gasteiger partial charge in [-0.2, -0.15) is 0 Å². The number of aromatic nitrogens is 1. The first-order valence-corrected chi connectivity index (χ1v) is 11.7. The first-order valence-electron chi connectivity index (χ1n) is 10.5. The highest BCUT2D eigenvalue weighted by Gasteiger charge is 2.25. The molecule has 0 N–H and O–H groups in total. The highest BCUT2D eigenvalue weighted by atomic mass is 35.5. The van der Waals surface area contributed by atoms with E-state index in [9.17, 15) is 4.79 Å². The van der Waals surface area contributed by atoms with E-state index in [1.165, 1.54) is 0 Å². The maximum atomic E-state index is 13.1. The van der Waals surface area contributed by atoms with Crippen molar-refractivity contribution >= 4 is 44.2 Å². The number of ether oxygens (including phenoxy) is 2. The molecule has 0 saturated carbocycles. The van der Waals surface area contributed by atoms with Gasteiger partial charge in [-0.1, -0.05) is 22.9 Å². The average molecular weight is 460 g/mol. The van der Waals surface area contributed by atoms with Crippen LogP contribution in [0.5, 0.6) is 11.5 Å². The molecule has 1 saturated heterocycles. The highest BCUT2D eigenvalue weighted by molar-refractivity contribution is 7.22. The van der Waals surface area contributed by atoms with Gasteiger partial charge in [-0.05, 0) is 56.7 Å². The van der Waals surface area contributed by atoms with E-state index in [1.54, 1.807) is 17.4 Å². The van der Waals surface area contributed by atoms with Crippen LogP contribution in [0.25, 0.3) is 10.2 Å². The Morgan fingerprint density at radius 3 is 2.48 bits per heavy atom. The van der Waals surface area contributed by atoms with Crippen LogP contribution in [-0.4, -0.2) is 55.2 Å². The predicted octanol–water partition coefficient (Wildman–Crippen LogP) is 5.02. The first-order chi connectivity index (χ1) is 15.0. The standard InChI is InChI=1S/C23H26ClN3O3S/c1-4-29-18-8-6-16(14-19(18)30-5-2)22(28)26-10-12-27(13-11-26)23-25-21-15(3)17(24)7-9-20(21)31-23/h6-9,14H,4-5,10-13H2,1-3H3. The molecule has 1 aromatic heterocycles. The molecule has 4 rings (SSSR count). The lowest BCUT2D eigenvalue weighted by molar-refractivity contribution is 0.0746. The molecule has 2 aromatic carbocycles. The maximum Gasteiger partial charge on any atom is 0.254 e. The lowest BCUT2D eigenvalue weighted by Gasteiger charge is -2.34. The van der Waals surface area contributed by atoms with Gasteiger partial charge in [0.15, 0.2) is 16.6 Å². The van der Waals surface area contributed by atoms with Crippen LogP contribution in [-0.2, 0) is 0 Å². The summed E-state index contributed by atoms with van der Waals surface area (Å²) in [6, 6.07) is 9.34. The number of carbonyl (C=O) groups is 1. The van der Waals surface area contributed by atoms with Gasteiger partial charge in [-0.15, -0.1) is 0 Å². The smallest absolute Gasteiger partial charge is 0.254 e. The number of nitrogens with zero attached hydrogens (tertiary/aromatic N) is 3. The largest absolute Gasteiger partial charge is 0.490 e. The number of carbonyl (C=O) groups excluding carboxylic acids is 1. The van der Waals surface area contributed by atoms with E-state index in [0.29, 0.717) is 43.4 Å². The number of halogens is 1. The van der Waals surface area contributed by atoms with Crippen molar-refractivity contribution in [3.8, 4) is 11.5 Å². The summed E-state index contributed by atoms with van der Waals surface area (Å²) in [5, 5.41) is 1.72. The molecule has 8 heteroatoms. The van der Waals surface area contributed by atoms with Crippen LogP contribution < -0.4 is 14.4 Å². The zero-order valence-corrected chi connectivity index (χ0v) is 19.6. The summed E-state index contributed by atoms with van der Waals surface area (Å²) in [5.41, 5.74) is 2.59. The first kappa shape index (κ1) is 21.7. The van der Waals surface area contributed by atoms with Crippen molar-refractivity contribution in [2.45, 2.75) is 20.8 Å². The van der Waals surface area contributed by atoms with Crippen molar-refractivity contribution in [1.29, 1.82) is 0 Å². The van der Waals surface area contributed by atoms with Crippen LogP contribution in [0, 0.1) is 6.92 Å². The number of amides is 1. The molecule has 6 nitrogen and oxygen atoms in total. The van der Waals surface area contributed by atoms with E-state index in [0.717, 1.165) is 39.0 Å². The molecule has 1 fully saturated rings. The Kier molecular flexibility index (Phi) is 6.53. The van der Waals surface area contributed by atoms with Crippen molar-refractivity contribution in [3.05, 3.63) is 46.5 Å². The number of hydrogen-bond donors (Lipinski definition) is 0. The molecule has 1 amide bonds. The van der Waals surface area contributed by atoms with Gasteiger partial charge in [-0.25, -0.2) is 4.98 Å². The Hall–Kier alpha value is -2.51. The summed E-state index contributed by atoms with van der Waals surface area (Å²) in [6.45, 7) is 9.68. The molecule has 0 radical (unpaired) electrons. The molecule has 0 bridgehead atoms. The lowest BCUT2D eigenvalue weighted by Crippen LogP contribution is -2.48. The highest BCUT2D eigenvalue weighted by Crippen LogP contribution is 2.34. The molecular formula is C23H26ClN3O3S. The van der Waals surface area contributed by atoms with Gasteiger partial charge in [0.25, 0.3) is 5.91 Å². The normalized spacial score (nSPS) is 14.2. The molecule has 0 unspecified atom stereocenters. The molecule has 0 atom stereocenters. The summed E-state index contributed by atoms with van der Waals surface area (Å²) in [6.07, 6.45) is 0. The molecule has 2 heterocycles.